The minimum atomic E-state index is -0.00251. The van der Waals surface area contributed by atoms with Gasteiger partial charge in [-0.25, -0.2) is 0 Å². The molecule has 0 bridgehead atoms. The van der Waals surface area contributed by atoms with Crippen LogP contribution in [0.4, 0.5) is 5.69 Å². The van der Waals surface area contributed by atoms with E-state index in [-0.39, 0.29) is 5.17 Å². The van der Waals surface area contributed by atoms with Gasteiger partial charge in [0.2, 0.25) is 0 Å². The standard InChI is InChI=1S/C15H13ClN2/c16-15(17)11-14(12-7-3-1-4-8-12)18-13-9-5-2-6-10-13/h1-11,17-18H/b14-11-,17-15?. The van der Waals surface area contributed by atoms with Crippen LogP contribution in [0.5, 0.6) is 0 Å². The normalized spacial score (nSPS) is 11.1. The SMILES string of the molecule is N=C(Cl)/C=C(\Nc1ccccc1)c1ccccc1. The molecule has 0 saturated carbocycles. The second-order valence-electron chi connectivity index (χ2n) is 3.76. The van der Waals surface area contributed by atoms with Crippen molar-refractivity contribution < 1.29 is 0 Å². The van der Waals surface area contributed by atoms with Crippen LogP contribution < -0.4 is 5.32 Å². The molecule has 0 atom stereocenters. The highest BCUT2D eigenvalue weighted by molar-refractivity contribution is 6.68. The van der Waals surface area contributed by atoms with Crippen molar-refractivity contribution in [2.75, 3.05) is 5.32 Å². The lowest BCUT2D eigenvalue weighted by Crippen LogP contribution is -2.00. The van der Waals surface area contributed by atoms with E-state index in [0.29, 0.717) is 0 Å². The van der Waals surface area contributed by atoms with Gasteiger partial charge in [0.05, 0.1) is 0 Å². The second-order valence-corrected chi connectivity index (χ2v) is 4.17. The zero-order chi connectivity index (χ0) is 12.8. The van der Waals surface area contributed by atoms with Crippen LogP contribution in [0.3, 0.4) is 0 Å². The summed E-state index contributed by atoms with van der Waals surface area (Å²) in [6.45, 7) is 0. The highest BCUT2D eigenvalue weighted by Gasteiger charge is 2.02. The number of hydrogen-bond donors (Lipinski definition) is 2. The first kappa shape index (κ1) is 12.4. The molecule has 0 amide bonds. The fourth-order valence-electron chi connectivity index (χ4n) is 1.61. The highest BCUT2D eigenvalue weighted by Crippen LogP contribution is 2.18. The van der Waals surface area contributed by atoms with Gasteiger partial charge in [-0.1, -0.05) is 60.1 Å². The van der Waals surface area contributed by atoms with Crippen LogP contribution in [0, 0.1) is 5.41 Å². The van der Waals surface area contributed by atoms with Gasteiger partial charge in [0, 0.05) is 11.4 Å². The average Bonchev–Trinajstić information content (AvgIpc) is 2.40. The number of para-hydroxylation sites is 1. The van der Waals surface area contributed by atoms with E-state index in [0.717, 1.165) is 16.9 Å². The fourth-order valence-corrected chi connectivity index (χ4v) is 1.72. The minimum Gasteiger partial charge on any atom is -0.355 e. The molecule has 0 heterocycles. The van der Waals surface area contributed by atoms with Crippen molar-refractivity contribution >= 4 is 28.2 Å². The Morgan fingerprint density at radius 1 is 0.944 bits per heavy atom. The Morgan fingerprint density at radius 3 is 2.06 bits per heavy atom. The lowest BCUT2D eigenvalue weighted by molar-refractivity contribution is 1.52. The molecule has 0 aliphatic heterocycles. The first-order valence-corrected chi connectivity index (χ1v) is 5.97. The highest BCUT2D eigenvalue weighted by atomic mass is 35.5. The summed E-state index contributed by atoms with van der Waals surface area (Å²) in [5, 5.41) is 10.6. The Kier molecular flexibility index (Phi) is 4.15. The first-order valence-electron chi connectivity index (χ1n) is 5.59. The zero-order valence-corrected chi connectivity index (χ0v) is 10.5. The van der Waals surface area contributed by atoms with Crippen molar-refractivity contribution in [3.63, 3.8) is 0 Å². The summed E-state index contributed by atoms with van der Waals surface area (Å²) < 4.78 is 0. The second kappa shape index (κ2) is 6.03. The van der Waals surface area contributed by atoms with Crippen LogP contribution in [0.15, 0.2) is 66.7 Å². The summed E-state index contributed by atoms with van der Waals surface area (Å²) >= 11 is 5.66. The van der Waals surface area contributed by atoms with Gasteiger partial charge < -0.3 is 5.32 Å². The topological polar surface area (TPSA) is 35.9 Å². The number of hydrogen-bond acceptors (Lipinski definition) is 2. The van der Waals surface area contributed by atoms with Crippen molar-refractivity contribution in [1.29, 1.82) is 5.41 Å². The molecule has 0 unspecified atom stereocenters. The summed E-state index contributed by atoms with van der Waals surface area (Å²) in [5.41, 5.74) is 2.76. The molecule has 3 heteroatoms. The van der Waals surface area contributed by atoms with Gasteiger partial charge in [-0.05, 0) is 23.8 Å². The molecule has 90 valence electrons. The van der Waals surface area contributed by atoms with E-state index >= 15 is 0 Å². The predicted molar refractivity (Wildman–Crippen MR) is 78.1 cm³/mol. The molecule has 2 rings (SSSR count). The fraction of sp³-hybridized carbons (Fsp3) is 0. The van der Waals surface area contributed by atoms with Crippen molar-refractivity contribution in [3.8, 4) is 0 Å². The Morgan fingerprint density at radius 2 is 1.50 bits per heavy atom. The van der Waals surface area contributed by atoms with Gasteiger partial charge in [0.25, 0.3) is 0 Å². The van der Waals surface area contributed by atoms with Crippen LogP contribution in [-0.2, 0) is 0 Å². The Labute approximate surface area is 111 Å². The van der Waals surface area contributed by atoms with Crippen LogP contribution >= 0.6 is 11.6 Å². The number of allylic oxidation sites excluding steroid dienone is 1. The number of benzene rings is 2. The summed E-state index contributed by atoms with van der Waals surface area (Å²) in [7, 11) is 0. The lowest BCUT2D eigenvalue weighted by atomic mass is 10.1. The maximum Gasteiger partial charge on any atom is 0.122 e. The largest absolute Gasteiger partial charge is 0.355 e. The van der Waals surface area contributed by atoms with Crippen molar-refractivity contribution in [3.05, 3.63) is 72.3 Å². The number of nitrogens with one attached hydrogen (secondary N) is 2. The summed E-state index contributed by atoms with van der Waals surface area (Å²) in [5.74, 6) is 0. The summed E-state index contributed by atoms with van der Waals surface area (Å²) in [4.78, 5) is 0. The molecule has 0 spiro atoms. The van der Waals surface area contributed by atoms with E-state index in [2.05, 4.69) is 5.32 Å². The third-order valence-corrected chi connectivity index (χ3v) is 2.52. The zero-order valence-electron chi connectivity index (χ0n) is 9.73. The summed E-state index contributed by atoms with van der Waals surface area (Å²) in [6.07, 6.45) is 1.60. The minimum absolute atomic E-state index is 0.00251. The average molecular weight is 257 g/mol. The molecule has 2 N–H and O–H groups in total. The maximum atomic E-state index is 7.39. The van der Waals surface area contributed by atoms with Crippen LogP contribution in [0.2, 0.25) is 0 Å². The predicted octanol–water partition coefficient (Wildman–Crippen LogP) is 4.36. The van der Waals surface area contributed by atoms with Gasteiger partial charge >= 0.3 is 0 Å². The Balaban J connectivity index is 2.31. The molecule has 0 aliphatic carbocycles. The van der Waals surface area contributed by atoms with Crippen molar-refractivity contribution in [2.45, 2.75) is 0 Å². The van der Waals surface area contributed by atoms with Crippen molar-refractivity contribution in [2.24, 2.45) is 0 Å². The monoisotopic (exact) mass is 256 g/mol. The molecule has 18 heavy (non-hydrogen) atoms. The molecule has 0 saturated heterocycles. The van der Waals surface area contributed by atoms with Gasteiger partial charge in [0.1, 0.15) is 5.17 Å². The van der Waals surface area contributed by atoms with Gasteiger partial charge in [-0.3, -0.25) is 5.41 Å². The van der Waals surface area contributed by atoms with Crippen molar-refractivity contribution in [1.82, 2.24) is 0 Å². The van der Waals surface area contributed by atoms with Crippen LogP contribution in [0.1, 0.15) is 5.56 Å². The summed E-state index contributed by atoms with van der Waals surface area (Å²) in [6, 6.07) is 19.6. The van der Waals surface area contributed by atoms with Gasteiger partial charge in [-0.2, -0.15) is 0 Å². The molecule has 0 fully saturated rings. The quantitative estimate of drug-likeness (QED) is 0.784. The van der Waals surface area contributed by atoms with E-state index < -0.39 is 0 Å². The van der Waals surface area contributed by atoms with E-state index in [1.54, 1.807) is 6.08 Å². The molecule has 2 aromatic rings. The molecule has 0 aromatic heterocycles. The molecule has 0 radical (unpaired) electrons. The third kappa shape index (κ3) is 3.47. The van der Waals surface area contributed by atoms with E-state index in [4.69, 9.17) is 17.0 Å². The van der Waals surface area contributed by atoms with E-state index in [1.807, 2.05) is 60.7 Å². The third-order valence-electron chi connectivity index (χ3n) is 2.41. The van der Waals surface area contributed by atoms with Gasteiger partial charge in [-0.15, -0.1) is 0 Å². The van der Waals surface area contributed by atoms with Gasteiger partial charge in [0.15, 0.2) is 0 Å². The number of anilines is 1. The molecule has 2 nitrogen and oxygen atoms in total. The first-order chi connectivity index (χ1) is 8.75. The molecule has 0 aliphatic rings. The number of halogens is 1. The van der Waals surface area contributed by atoms with Crippen LogP contribution in [0.25, 0.3) is 5.70 Å². The van der Waals surface area contributed by atoms with Crippen LogP contribution in [-0.4, -0.2) is 5.17 Å². The number of rotatable bonds is 4. The Bertz CT molecular complexity index is 547. The smallest absolute Gasteiger partial charge is 0.122 e. The lowest BCUT2D eigenvalue weighted by Gasteiger charge is -2.11. The maximum absolute atomic E-state index is 7.39. The Hall–Kier alpha value is -2.06. The van der Waals surface area contributed by atoms with E-state index in [9.17, 15) is 0 Å². The molecular weight excluding hydrogens is 244 g/mol. The molecular formula is C15H13ClN2. The molecule has 2 aromatic carbocycles. The van der Waals surface area contributed by atoms with E-state index in [1.165, 1.54) is 0 Å².